The summed E-state index contributed by atoms with van der Waals surface area (Å²) in [4.78, 5) is 17.8. The van der Waals surface area contributed by atoms with Crippen LogP contribution in [-0.2, 0) is 45.2 Å². The van der Waals surface area contributed by atoms with Crippen LogP contribution in [0.1, 0.15) is 49.0 Å². The SMILES string of the molecule is CC(/C=C/C=C/C=C(\C)N(CCCS(=O)(=O)O)c1cc(S(=O)(=O)O)cc(C(=O)OCCCS(=O)(=O)O)c1C)=NCCCS(=O)(=O)O. The minimum Gasteiger partial charge on any atom is -0.462 e. The van der Waals surface area contributed by atoms with Gasteiger partial charge in [0.1, 0.15) is 0 Å². The number of allylic oxidation sites excluding steroid dienone is 6. The maximum Gasteiger partial charge on any atom is 0.338 e. The predicted molar refractivity (Wildman–Crippen MR) is 172 cm³/mol. The number of hydrogen-bond acceptors (Lipinski definition) is 12. The van der Waals surface area contributed by atoms with Crippen molar-refractivity contribution >= 4 is 57.8 Å². The lowest BCUT2D eigenvalue weighted by atomic mass is 10.0. The number of anilines is 1. The molecule has 260 valence electrons. The van der Waals surface area contributed by atoms with Gasteiger partial charge in [-0.1, -0.05) is 18.2 Å². The van der Waals surface area contributed by atoms with Crippen molar-refractivity contribution in [1.29, 1.82) is 0 Å². The maximum absolute atomic E-state index is 12.9. The Balaban J connectivity index is 3.41. The van der Waals surface area contributed by atoms with E-state index in [1.807, 2.05) is 0 Å². The van der Waals surface area contributed by atoms with Gasteiger partial charge in [0, 0.05) is 30.2 Å². The molecule has 1 aromatic carbocycles. The normalized spacial score (nSPS) is 13.9. The van der Waals surface area contributed by atoms with Crippen LogP contribution in [0.3, 0.4) is 0 Å². The number of ether oxygens (including phenoxy) is 1. The quantitative estimate of drug-likeness (QED) is 0.0524. The Bertz CT molecular complexity index is 1790. The van der Waals surface area contributed by atoms with Gasteiger partial charge in [0.15, 0.2) is 0 Å². The van der Waals surface area contributed by atoms with Gasteiger partial charge in [0.05, 0.1) is 34.3 Å². The van der Waals surface area contributed by atoms with Gasteiger partial charge in [0.25, 0.3) is 40.5 Å². The van der Waals surface area contributed by atoms with E-state index in [-0.39, 0.29) is 49.2 Å². The fraction of sp³-hybridized carbons (Fsp3) is 0.462. The highest BCUT2D eigenvalue weighted by atomic mass is 32.2. The highest BCUT2D eigenvalue weighted by Crippen LogP contribution is 2.31. The molecule has 0 spiro atoms. The van der Waals surface area contributed by atoms with Crippen molar-refractivity contribution in [3.63, 3.8) is 0 Å². The Hall–Kier alpha value is -2.98. The third kappa shape index (κ3) is 17.1. The van der Waals surface area contributed by atoms with Crippen molar-refractivity contribution in [2.24, 2.45) is 4.99 Å². The van der Waals surface area contributed by atoms with Crippen LogP contribution in [0, 0.1) is 6.92 Å². The second-order valence-corrected chi connectivity index (χ2v) is 16.0. The third-order valence-electron chi connectivity index (χ3n) is 5.97. The lowest BCUT2D eigenvalue weighted by Crippen LogP contribution is -2.26. The summed E-state index contributed by atoms with van der Waals surface area (Å²) in [6.07, 6.45) is 7.76. The summed E-state index contributed by atoms with van der Waals surface area (Å²) >= 11 is 0. The zero-order valence-corrected chi connectivity index (χ0v) is 28.6. The molecule has 4 N–H and O–H groups in total. The smallest absolute Gasteiger partial charge is 0.338 e. The van der Waals surface area contributed by atoms with Crippen LogP contribution in [0.25, 0.3) is 0 Å². The molecule has 1 aromatic rings. The number of rotatable bonds is 19. The Morgan fingerprint density at radius 3 is 1.96 bits per heavy atom. The van der Waals surface area contributed by atoms with E-state index in [4.69, 9.17) is 13.8 Å². The van der Waals surface area contributed by atoms with Crippen molar-refractivity contribution in [2.45, 2.75) is 44.9 Å². The third-order valence-corrected chi connectivity index (χ3v) is 9.22. The molecule has 0 saturated heterocycles. The summed E-state index contributed by atoms with van der Waals surface area (Å²) in [6, 6.07) is 1.93. The first kappa shape index (κ1) is 41.0. The molecule has 0 amide bonds. The first-order valence-electron chi connectivity index (χ1n) is 13.4. The molecular formula is C26H38N2O14S4. The predicted octanol–water partition coefficient (Wildman–Crippen LogP) is 2.52. The van der Waals surface area contributed by atoms with Crippen LogP contribution < -0.4 is 4.90 Å². The lowest BCUT2D eigenvalue weighted by molar-refractivity contribution is 0.0504. The van der Waals surface area contributed by atoms with Crippen LogP contribution in [0.4, 0.5) is 5.69 Å². The Labute approximate surface area is 269 Å². The molecule has 0 aliphatic carbocycles. The van der Waals surface area contributed by atoms with E-state index in [0.717, 1.165) is 12.1 Å². The van der Waals surface area contributed by atoms with E-state index in [0.29, 0.717) is 11.4 Å². The Morgan fingerprint density at radius 2 is 1.39 bits per heavy atom. The standard InChI is InChI=1S/C26H38N2O14S4/c1-20(27-12-7-15-43(30,31)32)10-5-4-6-11-21(2)28(13-8-16-44(33,34)35)25-19-23(46(39,40)41)18-24(22(25)3)26(29)42-14-9-17-45(36,37)38/h4-6,10-11,18-19H,7-9,12-17H2,1-3H3,(H,30,31,32)(H,33,34,35)(H,36,37,38)(H,39,40,41)/b6-4+,10-5+,21-11+,27-20?. The highest BCUT2D eigenvalue weighted by molar-refractivity contribution is 7.86. The first-order chi connectivity index (χ1) is 21.0. The number of nitrogens with zero attached hydrogens (tertiary/aromatic N) is 2. The highest BCUT2D eigenvalue weighted by Gasteiger charge is 2.24. The van der Waals surface area contributed by atoms with Gasteiger partial charge >= 0.3 is 5.97 Å². The van der Waals surface area contributed by atoms with E-state index >= 15 is 0 Å². The van der Waals surface area contributed by atoms with Gasteiger partial charge in [0.2, 0.25) is 0 Å². The molecule has 0 radical (unpaired) electrons. The van der Waals surface area contributed by atoms with Crippen molar-refractivity contribution in [1.82, 2.24) is 0 Å². The lowest BCUT2D eigenvalue weighted by Gasteiger charge is -2.28. The summed E-state index contributed by atoms with van der Waals surface area (Å²) < 4.78 is 132. The molecule has 0 aliphatic rings. The van der Waals surface area contributed by atoms with Gasteiger partial charge in [-0.05, 0) is 69.9 Å². The average Bonchev–Trinajstić information content (AvgIpc) is 2.89. The largest absolute Gasteiger partial charge is 0.462 e. The second-order valence-electron chi connectivity index (χ2n) is 9.87. The van der Waals surface area contributed by atoms with E-state index in [2.05, 4.69) is 4.99 Å². The average molecular weight is 731 g/mol. The number of carbonyl (C=O) groups excluding carboxylic acids is 1. The molecule has 0 atom stereocenters. The van der Waals surface area contributed by atoms with Gasteiger partial charge in [-0.15, -0.1) is 0 Å². The zero-order chi connectivity index (χ0) is 35.3. The summed E-state index contributed by atoms with van der Waals surface area (Å²) in [7, 11) is -17.6. The van der Waals surface area contributed by atoms with E-state index in [1.54, 1.807) is 44.2 Å². The summed E-state index contributed by atoms with van der Waals surface area (Å²) in [6.45, 7) is 4.36. The second kappa shape index (κ2) is 17.8. The number of esters is 1. The molecule has 16 nitrogen and oxygen atoms in total. The molecule has 0 unspecified atom stereocenters. The summed E-state index contributed by atoms with van der Waals surface area (Å²) in [5.74, 6) is -2.80. The minimum absolute atomic E-state index is 0.0703. The van der Waals surface area contributed by atoms with Crippen LogP contribution >= 0.6 is 0 Å². The van der Waals surface area contributed by atoms with Crippen molar-refractivity contribution in [2.75, 3.05) is 41.9 Å². The fourth-order valence-electron chi connectivity index (χ4n) is 3.79. The van der Waals surface area contributed by atoms with E-state index in [9.17, 15) is 47.6 Å². The van der Waals surface area contributed by atoms with E-state index in [1.165, 1.54) is 11.8 Å². The fourth-order valence-corrected chi connectivity index (χ4v) is 5.79. The number of hydrogen-bond donors (Lipinski definition) is 4. The van der Waals surface area contributed by atoms with E-state index < -0.39 is 75.2 Å². The van der Waals surface area contributed by atoms with Crippen LogP contribution in [0.15, 0.2) is 58.1 Å². The molecule has 0 fully saturated rings. The Morgan fingerprint density at radius 1 is 0.826 bits per heavy atom. The van der Waals surface area contributed by atoms with Crippen molar-refractivity contribution in [3.8, 4) is 0 Å². The first-order valence-corrected chi connectivity index (χ1v) is 19.7. The molecule has 20 heteroatoms. The van der Waals surface area contributed by atoms with Gasteiger partial charge in [-0.25, -0.2) is 4.79 Å². The monoisotopic (exact) mass is 730 g/mol. The molecule has 0 aromatic heterocycles. The molecule has 1 rings (SSSR count). The number of benzene rings is 1. The number of aliphatic imine (C=N–C) groups is 1. The topological polar surface area (TPSA) is 259 Å². The molecule has 0 bridgehead atoms. The maximum atomic E-state index is 12.9. The van der Waals surface area contributed by atoms with Gasteiger partial charge < -0.3 is 9.64 Å². The molecule has 0 aliphatic heterocycles. The summed E-state index contributed by atoms with van der Waals surface area (Å²) in [5.41, 5.74) is 0.924. The van der Waals surface area contributed by atoms with Crippen molar-refractivity contribution < 1.29 is 61.4 Å². The van der Waals surface area contributed by atoms with Crippen LogP contribution in [0.5, 0.6) is 0 Å². The van der Waals surface area contributed by atoms with Gasteiger partial charge in [-0.2, -0.15) is 33.7 Å². The van der Waals surface area contributed by atoms with Crippen LogP contribution in [0.2, 0.25) is 0 Å². The summed E-state index contributed by atoms with van der Waals surface area (Å²) in [5, 5.41) is 0. The minimum atomic E-state index is -4.87. The Kier molecular flexibility index (Phi) is 15.9. The van der Waals surface area contributed by atoms with Gasteiger partial charge in [-0.3, -0.25) is 23.2 Å². The number of carbonyl (C=O) groups is 1. The molecule has 0 saturated carbocycles. The zero-order valence-electron chi connectivity index (χ0n) is 25.3. The molecule has 0 heterocycles. The van der Waals surface area contributed by atoms with Crippen LogP contribution in [-0.4, -0.2) is 101 Å². The van der Waals surface area contributed by atoms with Crippen molar-refractivity contribution in [3.05, 3.63) is 59.3 Å². The molecular weight excluding hydrogens is 693 g/mol. The molecule has 46 heavy (non-hydrogen) atoms.